The standard InChI is InChI=1S/C18H23N3O.C2H2O4/c1-22-18-8-3-2-7-17(18)20-15-9-12-21(13-10-15)14-16-6-4-5-11-19-16;3-1(4)2(5)6/h2-8,11,15,20H,9-10,12-14H2,1H3;(H,3,4)(H,5,6). The average Bonchev–Trinajstić information content (AvgIpc) is 2.71. The molecule has 8 heteroatoms. The van der Waals surface area contributed by atoms with Gasteiger partial charge >= 0.3 is 11.9 Å². The molecule has 0 spiro atoms. The van der Waals surface area contributed by atoms with E-state index in [-0.39, 0.29) is 0 Å². The first kappa shape index (κ1) is 21.2. The maximum absolute atomic E-state index is 9.10. The summed E-state index contributed by atoms with van der Waals surface area (Å²) in [6.07, 6.45) is 4.15. The second-order valence-corrected chi connectivity index (χ2v) is 6.33. The van der Waals surface area contributed by atoms with E-state index in [2.05, 4.69) is 33.4 Å². The van der Waals surface area contributed by atoms with Crippen molar-refractivity contribution in [3.63, 3.8) is 0 Å². The van der Waals surface area contributed by atoms with E-state index >= 15 is 0 Å². The predicted molar refractivity (Wildman–Crippen MR) is 104 cm³/mol. The highest BCUT2D eigenvalue weighted by molar-refractivity contribution is 6.27. The van der Waals surface area contributed by atoms with Gasteiger partial charge in [0.1, 0.15) is 5.75 Å². The van der Waals surface area contributed by atoms with Crippen LogP contribution in [0.5, 0.6) is 5.75 Å². The molecule has 1 aromatic heterocycles. The van der Waals surface area contributed by atoms with Crippen molar-refractivity contribution in [2.24, 2.45) is 0 Å². The van der Waals surface area contributed by atoms with Gasteiger partial charge in [0.25, 0.3) is 0 Å². The zero-order valence-electron chi connectivity index (χ0n) is 15.7. The van der Waals surface area contributed by atoms with Crippen molar-refractivity contribution >= 4 is 17.6 Å². The Morgan fingerprint density at radius 3 is 2.32 bits per heavy atom. The zero-order valence-corrected chi connectivity index (χ0v) is 15.7. The fraction of sp³-hybridized carbons (Fsp3) is 0.350. The fourth-order valence-electron chi connectivity index (χ4n) is 2.94. The molecule has 0 saturated carbocycles. The number of aliphatic carboxylic acids is 2. The number of nitrogens with zero attached hydrogens (tertiary/aromatic N) is 2. The molecule has 3 N–H and O–H groups in total. The van der Waals surface area contributed by atoms with Gasteiger partial charge in [0.2, 0.25) is 0 Å². The smallest absolute Gasteiger partial charge is 0.414 e. The number of likely N-dealkylation sites (tertiary alicyclic amines) is 1. The minimum absolute atomic E-state index is 0.510. The summed E-state index contributed by atoms with van der Waals surface area (Å²) < 4.78 is 5.41. The molecular weight excluding hydrogens is 362 g/mol. The molecule has 1 aliphatic rings. The van der Waals surface area contributed by atoms with Crippen molar-refractivity contribution in [2.45, 2.75) is 25.4 Å². The second-order valence-electron chi connectivity index (χ2n) is 6.33. The topological polar surface area (TPSA) is 112 Å². The van der Waals surface area contributed by atoms with Crippen molar-refractivity contribution in [1.29, 1.82) is 0 Å². The number of anilines is 1. The first-order valence-electron chi connectivity index (χ1n) is 8.97. The molecule has 0 atom stereocenters. The number of para-hydroxylation sites is 2. The Morgan fingerprint density at radius 2 is 1.75 bits per heavy atom. The van der Waals surface area contributed by atoms with E-state index < -0.39 is 11.9 Å². The highest BCUT2D eigenvalue weighted by Crippen LogP contribution is 2.26. The van der Waals surface area contributed by atoms with Gasteiger partial charge in [-0.3, -0.25) is 9.88 Å². The number of piperidine rings is 1. The van der Waals surface area contributed by atoms with Crippen LogP contribution >= 0.6 is 0 Å². The number of hydrogen-bond donors (Lipinski definition) is 3. The van der Waals surface area contributed by atoms with Gasteiger partial charge in [0, 0.05) is 31.9 Å². The predicted octanol–water partition coefficient (Wildman–Crippen LogP) is 2.32. The minimum atomic E-state index is -1.82. The molecule has 3 rings (SSSR count). The van der Waals surface area contributed by atoms with Crippen LogP contribution in [0.3, 0.4) is 0 Å². The first-order chi connectivity index (χ1) is 13.5. The molecule has 0 radical (unpaired) electrons. The molecule has 2 aromatic rings. The normalized spacial score (nSPS) is 14.5. The van der Waals surface area contributed by atoms with Crippen molar-refractivity contribution in [3.05, 3.63) is 54.4 Å². The Hall–Kier alpha value is -3.13. The van der Waals surface area contributed by atoms with Gasteiger partial charge in [-0.05, 0) is 37.1 Å². The maximum atomic E-state index is 9.10. The first-order valence-corrected chi connectivity index (χ1v) is 8.97. The molecule has 150 valence electrons. The molecule has 2 heterocycles. The molecule has 0 amide bonds. The lowest BCUT2D eigenvalue weighted by Gasteiger charge is -2.32. The zero-order chi connectivity index (χ0) is 20.4. The molecule has 1 aromatic carbocycles. The number of benzene rings is 1. The Bertz CT molecular complexity index is 749. The Balaban J connectivity index is 0.000000409. The Morgan fingerprint density at radius 1 is 1.11 bits per heavy atom. The van der Waals surface area contributed by atoms with Crippen molar-refractivity contribution in [1.82, 2.24) is 9.88 Å². The van der Waals surface area contributed by atoms with Crippen molar-refractivity contribution in [3.8, 4) is 5.75 Å². The molecular formula is C20H25N3O5. The number of hydrogen-bond acceptors (Lipinski definition) is 6. The molecule has 8 nitrogen and oxygen atoms in total. The van der Waals surface area contributed by atoms with Crippen LogP contribution in [-0.2, 0) is 16.1 Å². The van der Waals surface area contributed by atoms with E-state index in [0.717, 1.165) is 49.6 Å². The highest BCUT2D eigenvalue weighted by Gasteiger charge is 2.20. The van der Waals surface area contributed by atoms with Gasteiger partial charge in [0.05, 0.1) is 18.5 Å². The van der Waals surface area contributed by atoms with Crippen LogP contribution in [0.1, 0.15) is 18.5 Å². The van der Waals surface area contributed by atoms with E-state index in [4.69, 9.17) is 24.5 Å². The summed E-state index contributed by atoms with van der Waals surface area (Å²) in [6, 6.07) is 14.7. The molecule has 0 aliphatic carbocycles. The Labute approximate surface area is 163 Å². The second kappa shape index (κ2) is 10.9. The van der Waals surface area contributed by atoms with E-state index in [0.29, 0.717) is 6.04 Å². The highest BCUT2D eigenvalue weighted by atomic mass is 16.5. The summed E-state index contributed by atoms with van der Waals surface area (Å²) in [5.41, 5.74) is 2.24. The summed E-state index contributed by atoms with van der Waals surface area (Å²) in [7, 11) is 1.72. The summed E-state index contributed by atoms with van der Waals surface area (Å²) in [5.74, 6) is -2.73. The largest absolute Gasteiger partial charge is 0.495 e. The number of carboxylic acids is 2. The van der Waals surface area contributed by atoms with E-state index in [1.165, 1.54) is 0 Å². The van der Waals surface area contributed by atoms with Crippen LogP contribution in [0.2, 0.25) is 0 Å². The number of pyridine rings is 1. The van der Waals surface area contributed by atoms with Crippen LogP contribution < -0.4 is 10.1 Å². The van der Waals surface area contributed by atoms with E-state index in [1.54, 1.807) is 7.11 Å². The maximum Gasteiger partial charge on any atom is 0.414 e. The monoisotopic (exact) mass is 387 g/mol. The number of methoxy groups -OCH3 is 1. The number of nitrogens with one attached hydrogen (secondary N) is 1. The molecule has 0 unspecified atom stereocenters. The van der Waals surface area contributed by atoms with Gasteiger partial charge in [-0.2, -0.15) is 0 Å². The number of rotatable bonds is 5. The van der Waals surface area contributed by atoms with Crippen molar-refractivity contribution < 1.29 is 24.5 Å². The minimum Gasteiger partial charge on any atom is -0.495 e. The van der Waals surface area contributed by atoms with Gasteiger partial charge in [0.15, 0.2) is 0 Å². The third kappa shape index (κ3) is 6.88. The third-order valence-electron chi connectivity index (χ3n) is 4.35. The van der Waals surface area contributed by atoms with Crippen LogP contribution in [0.15, 0.2) is 48.7 Å². The number of ether oxygens (including phenoxy) is 1. The summed E-state index contributed by atoms with van der Waals surface area (Å²) in [5, 5.41) is 18.4. The van der Waals surface area contributed by atoms with Crippen LogP contribution in [0.4, 0.5) is 5.69 Å². The lowest BCUT2D eigenvalue weighted by atomic mass is 10.0. The lowest BCUT2D eigenvalue weighted by molar-refractivity contribution is -0.159. The van der Waals surface area contributed by atoms with Gasteiger partial charge < -0.3 is 20.3 Å². The number of carboxylic acid groups (broad SMARTS) is 2. The average molecular weight is 387 g/mol. The number of aromatic nitrogens is 1. The summed E-state index contributed by atoms with van der Waals surface area (Å²) in [6.45, 7) is 3.15. The Kier molecular flexibility index (Phi) is 8.23. The molecule has 1 aliphatic heterocycles. The number of carbonyl (C=O) groups is 2. The van der Waals surface area contributed by atoms with Crippen LogP contribution in [-0.4, -0.2) is 58.3 Å². The van der Waals surface area contributed by atoms with Crippen LogP contribution in [0, 0.1) is 0 Å². The summed E-state index contributed by atoms with van der Waals surface area (Å²) >= 11 is 0. The van der Waals surface area contributed by atoms with Crippen molar-refractivity contribution in [2.75, 3.05) is 25.5 Å². The lowest BCUT2D eigenvalue weighted by Crippen LogP contribution is -2.38. The molecule has 28 heavy (non-hydrogen) atoms. The fourth-order valence-corrected chi connectivity index (χ4v) is 2.94. The third-order valence-corrected chi connectivity index (χ3v) is 4.35. The quantitative estimate of drug-likeness (QED) is 0.670. The summed E-state index contributed by atoms with van der Waals surface area (Å²) in [4.78, 5) is 25.1. The van der Waals surface area contributed by atoms with E-state index in [1.807, 2.05) is 30.5 Å². The van der Waals surface area contributed by atoms with E-state index in [9.17, 15) is 0 Å². The van der Waals surface area contributed by atoms with Gasteiger partial charge in [-0.1, -0.05) is 18.2 Å². The molecule has 0 bridgehead atoms. The molecule has 1 saturated heterocycles. The van der Waals surface area contributed by atoms with Gasteiger partial charge in [-0.25, -0.2) is 9.59 Å². The van der Waals surface area contributed by atoms with Crippen LogP contribution in [0.25, 0.3) is 0 Å². The SMILES string of the molecule is COc1ccccc1NC1CCN(Cc2ccccn2)CC1.O=C(O)C(=O)O. The van der Waals surface area contributed by atoms with Gasteiger partial charge in [-0.15, -0.1) is 0 Å². The molecule has 1 fully saturated rings.